The van der Waals surface area contributed by atoms with Gasteiger partial charge in [-0.25, -0.2) is 4.79 Å². The predicted octanol–water partition coefficient (Wildman–Crippen LogP) is 4.60. The van der Waals surface area contributed by atoms with E-state index in [-0.39, 0.29) is 12.1 Å². The highest BCUT2D eigenvalue weighted by atomic mass is 16.5. The fourth-order valence-electron chi connectivity index (χ4n) is 1.83. The molecule has 1 atom stereocenters. The van der Waals surface area contributed by atoms with E-state index in [4.69, 9.17) is 4.74 Å². The summed E-state index contributed by atoms with van der Waals surface area (Å²) in [5.41, 5.74) is 0.761. The molecule has 0 radical (unpaired) electrons. The Bertz CT molecular complexity index is 400. The predicted molar refractivity (Wildman–Crippen MR) is 75.5 cm³/mol. The van der Waals surface area contributed by atoms with Crippen molar-refractivity contribution < 1.29 is 9.53 Å². The van der Waals surface area contributed by atoms with E-state index in [0.717, 1.165) is 12.8 Å². The van der Waals surface area contributed by atoms with Gasteiger partial charge >= 0.3 is 5.97 Å². The Morgan fingerprint density at radius 1 is 1.21 bits per heavy atom. The van der Waals surface area contributed by atoms with Crippen molar-refractivity contribution in [3.8, 4) is 0 Å². The second-order valence-electron chi connectivity index (χ2n) is 4.70. The van der Waals surface area contributed by atoms with Crippen molar-refractivity contribution in [3.63, 3.8) is 0 Å². The highest BCUT2D eigenvalue weighted by molar-refractivity contribution is 5.89. The van der Waals surface area contributed by atoms with Crippen molar-refractivity contribution in [2.45, 2.75) is 52.1 Å². The van der Waals surface area contributed by atoms with E-state index in [1.807, 2.05) is 6.92 Å². The van der Waals surface area contributed by atoms with E-state index < -0.39 is 0 Å². The van der Waals surface area contributed by atoms with Crippen LogP contribution in [0.1, 0.15) is 56.3 Å². The van der Waals surface area contributed by atoms with E-state index in [2.05, 4.69) is 12.1 Å². The first kappa shape index (κ1) is 15.3. The topological polar surface area (TPSA) is 55.7 Å². The van der Waals surface area contributed by atoms with Crippen LogP contribution in [0.4, 0.5) is 5.69 Å². The monoisotopic (exact) mass is 263 g/mol. The quantitative estimate of drug-likeness (QED) is 0.391. The normalized spacial score (nSPS) is 11.9. The molecule has 0 saturated heterocycles. The molecule has 0 bridgehead atoms. The lowest BCUT2D eigenvalue weighted by molar-refractivity contribution is 0.0319. The van der Waals surface area contributed by atoms with Crippen molar-refractivity contribution in [1.29, 1.82) is 0 Å². The summed E-state index contributed by atoms with van der Waals surface area (Å²) in [5, 5.41) is 2.79. The second kappa shape index (κ2) is 8.40. The van der Waals surface area contributed by atoms with Gasteiger partial charge in [0.25, 0.3) is 0 Å². The molecule has 4 nitrogen and oxygen atoms in total. The highest BCUT2D eigenvalue weighted by Gasteiger charge is 2.11. The zero-order chi connectivity index (χ0) is 14.1. The molecule has 1 rings (SSSR count). The smallest absolute Gasteiger partial charge is 0.338 e. The molecule has 104 valence electrons. The van der Waals surface area contributed by atoms with Gasteiger partial charge in [0.15, 0.2) is 0 Å². The van der Waals surface area contributed by atoms with E-state index in [1.54, 1.807) is 12.1 Å². The van der Waals surface area contributed by atoms with E-state index in [1.165, 1.54) is 31.4 Å². The number of nitroso groups, excluding NO2 is 1. The lowest BCUT2D eigenvalue weighted by atomic mass is 10.1. The lowest BCUT2D eigenvalue weighted by Gasteiger charge is -2.13. The third-order valence-corrected chi connectivity index (χ3v) is 2.98. The van der Waals surface area contributed by atoms with Gasteiger partial charge in [0.2, 0.25) is 0 Å². The average molecular weight is 263 g/mol. The molecule has 1 aromatic carbocycles. The average Bonchev–Trinajstić information content (AvgIpc) is 2.43. The number of benzene rings is 1. The molecule has 0 amide bonds. The molecule has 1 aromatic rings. The number of esters is 1. The standard InChI is InChI=1S/C15H21NO3/c1-3-4-5-6-7-12(2)19-15(17)13-8-10-14(16-18)11-9-13/h8-12H,3-7H2,1-2H3. The van der Waals surface area contributed by atoms with Gasteiger partial charge in [-0.1, -0.05) is 26.2 Å². The molecule has 0 aliphatic heterocycles. The molecule has 0 N–H and O–H groups in total. The maximum Gasteiger partial charge on any atom is 0.338 e. The molecule has 0 heterocycles. The first-order chi connectivity index (χ1) is 9.17. The third-order valence-electron chi connectivity index (χ3n) is 2.98. The van der Waals surface area contributed by atoms with Crippen molar-refractivity contribution in [1.82, 2.24) is 0 Å². The van der Waals surface area contributed by atoms with Gasteiger partial charge in [-0.15, -0.1) is 4.91 Å². The van der Waals surface area contributed by atoms with Crippen LogP contribution in [0.25, 0.3) is 0 Å². The van der Waals surface area contributed by atoms with Gasteiger partial charge in [0.1, 0.15) is 5.69 Å². The fraction of sp³-hybridized carbons (Fsp3) is 0.533. The third kappa shape index (κ3) is 5.64. The number of ether oxygens (including phenoxy) is 1. The summed E-state index contributed by atoms with van der Waals surface area (Å²) in [6.07, 6.45) is 5.49. The highest BCUT2D eigenvalue weighted by Crippen LogP contribution is 2.15. The summed E-state index contributed by atoms with van der Waals surface area (Å²) in [7, 11) is 0. The summed E-state index contributed by atoms with van der Waals surface area (Å²) in [5.74, 6) is -0.347. The van der Waals surface area contributed by atoms with Gasteiger partial charge in [-0.05, 0) is 49.2 Å². The fourth-order valence-corrected chi connectivity index (χ4v) is 1.83. The van der Waals surface area contributed by atoms with Crippen LogP contribution in [0.15, 0.2) is 29.4 Å². The van der Waals surface area contributed by atoms with Crippen LogP contribution >= 0.6 is 0 Å². The van der Waals surface area contributed by atoms with Crippen molar-refractivity contribution in [2.75, 3.05) is 0 Å². The Kier molecular flexibility index (Phi) is 6.79. The number of carbonyl (C=O) groups excluding carboxylic acids is 1. The Labute approximate surface area is 114 Å². The van der Waals surface area contributed by atoms with Crippen molar-refractivity contribution in [3.05, 3.63) is 34.7 Å². The second-order valence-corrected chi connectivity index (χ2v) is 4.70. The minimum atomic E-state index is -0.347. The van der Waals surface area contributed by atoms with Crippen LogP contribution in [0.3, 0.4) is 0 Å². The van der Waals surface area contributed by atoms with Crippen LogP contribution in [0.5, 0.6) is 0 Å². The maximum absolute atomic E-state index is 11.8. The number of carbonyl (C=O) groups is 1. The number of hydrogen-bond donors (Lipinski definition) is 0. The molecule has 0 aliphatic carbocycles. The Morgan fingerprint density at radius 2 is 1.89 bits per heavy atom. The zero-order valence-electron chi connectivity index (χ0n) is 11.6. The summed E-state index contributed by atoms with van der Waals surface area (Å²) < 4.78 is 5.34. The Hall–Kier alpha value is -1.71. The Morgan fingerprint density at radius 3 is 2.47 bits per heavy atom. The largest absolute Gasteiger partial charge is 0.459 e. The van der Waals surface area contributed by atoms with Gasteiger partial charge in [0.05, 0.1) is 11.7 Å². The first-order valence-corrected chi connectivity index (χ1v) is 6.81. The number of nitrogens with zero attached hydrogens (tertiary/aromatic N) is 1. The molecule has 0 aliphatic rings. The van der Waals surface area contributed by atoms with Crippen LogP contribution in [0, 0.1) is 4.91 Å². The minimum Gasteiger partial charge on any atom is -0.459 e. The van der Waals surface area contributed by atoms with Crippen LogP contribution in [-0.2, 0) is 4.74 Å². The first-order valence-electron chi connectivity index (χ1n) is 6.81. The van der Waals surface area contributed by atoms with Crippen LogP contribution in [0.2, 0.25) is 0 Å². The van der Waals surface area contributed by atoms with E-state index >= 15 is 0 Å². The summed E-state index contributed by atoms with van der Waals surface area (Å²) in [6.45, 7) is 4.08. The summed E-state index contributed by atoms with van der Waals surface area (Å²) in [6, 6.07) is 6.14. The van der Waals surface area contributed by atoms with E-state index in [9.17, 15) is 9.70 Å². The molecule has 0 spiro atoms. The van der Waals surface area contributed by atoms with Gasteiger partial charge < -0.3 is 4.74 Å². The van der Waals surface area contributed by atoms with E-state index in [0.29, 0.717) is 11.3 Å². The maximum atomic E-state index is 11.8. The number of rotatable bonds is 8. The zero-order valence-corrected chi connectivity index (χ0v) is 11.6. The summed E-state index contributed by atoms with van der Waals surface area (Å²) in [4.78, 5) is 22.1. The van der Waals surface area contributed by atoms with Crippen molar-refractivity contribution in [2.24, 2.45) is 5.18 Å². The molecule has 4 heteroatoms. The lowest BCUT2D eigenvalue weighted by Crippen LogP contribution is -2.14. The molecular formula is C15H21NO3. The number of hydrogen-bond acceptors (Lipinski definition) is 4. The number of unbranched alkanes of at least 4 members (excludes halogenated alkanes) is 3. The Balaban J connectivity index is 2.38. The molecule has 0 aromatic heterocycles. The minimum absolute atomic E-state index is 0.0757. The molecule has 19 heavy (non-hydrogen) atoms. The van der Waals surface area contributed by atoms with Gasteiger partial charge in [0, 0.05) is 0 Å². The van der Waals surface area contributed by atoms with Gasteiger partial charge in [-0.2, -0.15) is 0 Å². The SMILES string of the molecule is CCCCCCC(C)OC(=O)c1ccc(N=O)cc1. The molecule has 1 unspecified atom stereocenters. The summed E-state index contributed by atoms with van der Waals surface area (Å²) >= 11 is 0. The van der Waals surface area contributed by atoms with Gasteiger partial charge in [-0.3, -0.25) is 0 Å². The van der Waals surface area contributed by atoms with Crippen LogP contribution in [-0.4, -0.2) is 12.1 Å². The molecular weight excluding hydrogens is 242 g/mol. The van der Waals surface area contributed by atoms with Crippen LogP contribution < -0.4 is 0 Å². The molecule has 0 fully saturated rings. The molecule has 0 saturated carbocycles. The van der Waals surface area contributed by atoms with Crippen molar-refractivity contribution >= 4 is 11.7 Å².